The summed E-state index contributed by atoms with van der Waals surface area (Å²) in [5.74, 6) is -1.23. The molecule has 0 N–H and O–H groups in total. The Morgan fingerprint density at radius 2 is 1.93 bits per heavy atom. The van der Waals surface area contributed by atoms with Gasteiger partial charge in [-0.1, -0.05) is 6.07 Å². The van der Waals surface area contributed by atoms with Crippen molar-refractivity contribution in [2.24, 2.45) is 5.41 Å². The van der Waals surface area contributed by atoms with E-state index < -0.39 is 37.2 Å². The van der Waals surface area contributed by atoms with Crippen LogP contribution in [0.5, 0.6) is 0 Å². The first-order valence-electron chi connectivity index (χ1n) is 9.07. The van der Waals surface area contributed by atoms with Gasteiger partial charge < -0.3 is 4.90 Å². The van der Waals surface area contributed by atoms with E-state index >= 15 is 0 Å². The lowest BCUT2D eigenvalue weighted by atomic mass is 9.95. The molecular weight excluding hydrogens is 404 g/mol. The van der Waals surface area contributed by atoms with Crippen LogP contribution in [0.2, 0.25) is 0 Å². The molecule has 1 atom stereocenters. The molecule has 0 spiro atoms. The fourth-order valence-electron chi connectivity index (χ4n) is 3.78. The summed E-state index contributed by atoms with van der Waals surface area (Å²) in [7, 11) is -6.97. The van der Waals surface area contributed by atoms with Gasteiger partial charge in [0.2, 0.25) is 15.9 Å². The summed E-state index contributed by atoms with van der Waals surface area (Å²) in [6.07, 6.45) is 0.384. The zero-order chi connectivity index (χ0) is 20.9. The quantitative estimate of drug-likeness (QED) is 0.709. The molecule has 154 valence electrons. The molecule has 10 heteroatoms. The molecule has 2 amide bonds. The number of hydrogen-bond acceptors (Lipinski definition) is 6. The molecular formula is C18H24N2O6S2. The number of hydrogen-bond donors (Lipinski definition) is 0. The normalized spacial score (nSPS) is 25.0. The molecule has 0 bridgehead atoms. The van der Waals surface area contributed by atoms with Crippen molar-refractivity contribution in [2.75, 3.05) is 28.1 Å². The van der Waals surface area contributed by atoms with Crippen LogP contribution in [-0.4, -0.2) is 63.4 Å². The highest BCUT2D eigenvalue weighted by molar-refractivity contribution is 7.94. The van der Waals surface area contributed by atoms with Crippen molar-refractivity contribution in [2.45, 2.75) is 33.2 Å². The topological polar surface area (TPSA) is 109 Å². The van der Waals surface area contributed by atoms with Crippen molar-refractivity contribution in [3.8, 4) is 0 Å². The van der Waals surface area contributed by atoms with Crippen LogP contribution in [0, 0.1) is 5.41 Å². The zero-order valence-electron chi connectivity index (χ0n) is 16.1. The van der Waals surface area contributed by atoms with E-state index in [0.717, 1.165) is 4.31 Å². The van der Waals surface area contributed by atoms with Crippen molar-refractivity contribution < 1.29 is 26.4 Å². The molecule has 0 aliphatic carbocycles. The largest absolute Gasteiger partial charge is 0.335 e. The summed E-state index contributed by atoms with van der Waals surface area (Å²) in [5.41, 5.74) is -0.695. The van der Waals surface area contributed by atoms with E-state index in [9.17, 15) is 26.4 Å². The number of sulfonamides is 1. The third-order valence-electron chi connectivity index (χ3n) is 5.16. The van der Waals surface area contributed by atoms with Gasteiger partial charge in [-0.15, -0.1) is 0 Å². The van der Waals surface area contributed by atoms with Crippen molar-refractivity contribution >= 4 is 37.4 Å². The second kappa shape index (κ2) is 6.84. The lowest BCUT2D eigenvalue weighted by Gasteiger charge is -2.27. The highest BCUT2D eigenvalue weighted by atomic mass is 32.2. The number of benzene rings is 1. The van der Waals surface area contributed by atoms with Gasteiger partial charge >= 0.3 is 0 Å². The van der Waals surface area contributed by atoms with Gasteiger partial charge in [0.05, 0.1) is 28.4 Å². The molecule has 2 aliphatic heterocycles. The highest BCUT2D eigenvalue weighted by Gasteiger charge is 2.50. The van der Waals surface area contributed by atoms with Crippen molar-refractivity contribution in [1.29, 1.82) is 0 Å². The monoisotopic (exact) mass is 428 g/mol. The van der Waals surface area contributed by atoms with Crippen molar-refractivity contribution in [3.05, 3.63) is 29.8 Å². The number of carbonyl (C=O) groups excluding carboxylic acids is 2. The third-order valence-corrected chi connectivity index (χ3v) is 8.93. The summed E-state index contributed by atoms with van der Waals surface area (Å²) in [6.45, 7) is 5.24. The first kappa shape index (κ1) is 20.8. The first-order chi connectivity index (χ1) is 12.9. The molecule has 28 heavy (non-hydrogen) atoms. The maximum absolute atomic E-state index is 13.0. The molecule has 0 aromatic heterocycles. The molecule has 0 saturated carbocycles. The molecule has 8 nitrogen and oxygen atoms in total. The predicted molar refractivity (Wildman–Crippen MR) is 105 cm³/mol. The second-order valence-corrected chi connectivity index (χ2v) is 12.0. The molecule has 0 radical (unpaired) electrons. The SMILES string of the molecule is CCN(C(=O)c1cccc(N2C(=O)C(C)(C)CS2(=O)=O)c1)C1CCS(=O)(=O)C1. The zero-order valence-corrected chi connectivity index (χ0v) is 17.7. The van der Waals surface area contributed by atoms with Crippen molar-refractivity contribution in [3.63, 3.8) is 0 Å². The van der Waals surface area contributed by atoms with Crippen LogP contribution in [-0.2, 0) is 24.7 Å². The Balaban J connectivity index is 1.93. The molecule has 2 saturated heterocycles. The molecule has 2 aliphatic rings. The van der Waals surface area contributed by atoms with E-state index in [1.807, 2.05) is 0 Å². The fourth-order valence-corrected chi connectivity index (χ4v) is 7.61. The molecule has 3 rings (SSSR count). The van der Waals surface area contributed by atoms with Gasteiger partial charge in [0.25, 0.3) is 5.91 Å². The van der Waals surface area contributed by atoms with Crippen LogP contribution in [0.25, 0.3) is 0 Å². The van der Waals surface area contributed by atoms with Gasteiger partial charge in [0.15, 0.2) is 9.84 Å². The van der Waals surface area contributed by atoms with Gasteiger partial charge in [0.1, 0.15) is 0 Å². The number of anilines is 1. The van der Waals surface area contributed by atoms with E-state index in [0.29, 0.717) is 13.0 Å². The minimum absolute atomic E-state index is 0.0527. The Morgan fingerprint density at radius 3 is 2.43 bits per heavy atom. The standard InChI is InChI=1S/C18H24N2O6S2/c1-4-19(15-8-9-27(23,24)11-15)16(21)13-6-5-7-14(10-13)20-17(22)18(2,3)12-28(20,25)26/h5-7,10,15H,4,8-9,11-12H2,1-3H3. The average Bonchev–Trinajstić information content (AvgIpc) is 3.01. The molecule has 1 aromatic rings. The first-order valence-corrected chi connectivity index (χ1v) is 12.5. The maximum Gasteiger partial charge on any atom is 0.254 e. The van der Waals surface area contributed by atoms with Crippen LogP contribution in [0.3, 0.4) is 0 Å². The maximum atomic E-state index is 13.0. The Kier molecular flexibility index (Phi) is 5.08. The van der Waals surface area contributed by atoms with Crippen LogP contribution in [0.15, 0.2) is 24.3 Å². The summed E-state index contributed by atoms with van der Waals surface area (Å²) in [6, 6.07) is 5.52. The Morgan fingerprint density at radius 1 is 1.25 bits per heavy atom. The molecule has 2 heterocycles. The van der Waals surface area contributed by atoms with Crippen LogP contribution in [0.4, 0.5) is 5.69 Å². The number of rotatable bonds is 4. The van der Waals surface area contributed by atoms with E-state index in [-0.39, 0.29) is 34.4 Å². The summed E-state index contributed by atoms with van der Waals surface area (Å²) in [4.78, 5) is 27.1. The number of carbonyl (C=O) groups is 2. The van der Waals surface area contributed by atoms with Crippen LogP contribution in [0.1, 0.15) is 37.6 Å². The predicted octanol–water partition coefficient (Wildman–Crippen LogP) is 1.04. The van der Waals surface area contributed by atoms with Gasteiger partial charge in [-0.25, -0.2) is 21.1 Å². The van der Waals surface area contributed by atoms with Gasteiger partial charge in [-0.2, -0.15) is 0 Å². The number of nitrogens with zero attached hydrogens (tertiary/aromatic N) is 2. The lowest BCUT2D eigenvalue weighted by Crippen LogP contribution is -2.41. The third kappa shape index (κ3) is 3.67. The Labute approximate surface area is 165 Å². The average molecular weight is 429 g/mol. The van der Waals surface area contributed by atoms with E-state index in [4.69, 9.17) is 0 Å². The highest BCUT2D eigenvalue weighted by Crippen LogP contribution is 2.36. The minimum atomic E-state index is -3.82. The van der Waals surface area contributed by atoms with Gasteiger partial charge in [-0.3, -0.25) is 9.59 Å². The number of sulfone groups is 1. The summed E-state index contributed by atoms with van der Waals surface area (Å²) in [5, 5.41) is 0. The molecule has 1 aromatic carbocycles. The van der Waals surface area contributed by atoms with Crippen molar-refractivity contribution in [1.82, 2.24) is 4.90 Å². The van der Waals surface area contributed by atoms with Gasteiger partial charge in [-0.05, 0) is 45.4 Å². The van der Waals surface area contributed by atoms with E-state index in [1.54, 1.807) is 20.8 Å². The fraction of sp³-hybridized carbons (Fsp3) is 0.556. The smallest absolute Gasteiger partial charge is 0.254 e. The second-order valence-electron chi connectivity index (χ2n) is 7.91. The molecule has 1 unspecified atom stereocenters. The van der Waals surface area contributed by atoms with E-state index in [2.05, 4.69) is 0 Å². The van der Waals surface area contributed by atoms with Gasteiger partial charge in [0, 0.05) is 18.2 Å². The van der Waals surface area contributed by atoms with Crippen LogP contribution < -0.4 is 4.31 Å². The van der Waals surface area contributed by atoms with Crippen LogP contribution >= 0.6 is 0 Å². The molecule has 2 fully saturated rings. The summed E-state index contributed by atoms with van der Waals surface area (Å²) >= 11 is 0. The minimum Gasteiger partial charge on any atom is -0.335 e. The Bertz CT molecular complexity index is 1030. The summed E-state index contributed by atoms with van der Waals surface area (Å²) < 4.78 is 49.3. The number of amides is 2. The lowest BCUT2D eigenvalue weighted by molar-refractivity contribution is -0.123. The Hall–Kier alpha value is -1.94. The van der Waals surface area contributed by atoms with E-state index in [1.165, 1.54) is 29.2 Å².